The van der Waals surface area contributed by atoms with Crippen molar-refractivity contribution in [3.05, 3.63) is 53.9 Å². The van der Waals surface area contributed by atoms with Crippen LogP contribution < -0.4 is 9.80 Å². The van der Waals surface area contributed by atoms with Crippen molar-refractivity contribution in [1.29, 1.82) is 0 Å². The molecule has 0 spiro atoms. The molecule has 0 amide bonds. The second-order valence-electron chi connectivity index (χ2n) is 14.3. The van der Waals surface area contributed by atoms with Crippen molar-refractivity contribution in [2.45, 2.75) is 70.4 Å². The number of aromatic nitrogens is 4. The molecule has 2 aliphatic carbocycles. The number of halogens is 3. The van der Waals surface area contributed by atoms with Crippen LogP contribution in [0, 0.1) is 11.3 Å². The maximum absolute atomic E-state index is 14.0. The second kappa shape index (κ2) is 13.8. The van der Waals surface area contributed by atoms with Gasteiger partial charge >= 0.3 is 12.1 Å². The molecule has 50 heavy (non-hydrogen) atoms. The van der Waals surface area contributed by atoms with Crippen molar-refractivity contribution in [1.82, 2.24) is 19.9 Å². The topological polar surface area (TPSA) is 96.5 Å². The minimum Gasteiger partial charge on any atom is -0.466 e. The lowest BCUT2D eigenvalue weighted by molar-refractivity contribution is -0.148. The summed E-state index contributed by atoms with van der Waals surface area (Å²) in [6.07, 6.45) is 3.00. The molecule has 3 aromatic heterocycles. The molecule has 7 rings (SSSR count). The number of hydrogen-bond acceptors (Lipinski definition) is 8. The number of nitrogens with zero attached hydrogens (tertiary/aromatic N) is 5. The summed E-state index contributed by atoms with van der Waals surface area (Å²) >= 11 is 0. The minimum absolute atomic E-state index is 0.0119. The molecule has 12 heteroatoms. The molecular weight excluding hydrogens is 645 g/mol. The molecule has 1 aliphatic heterocycles. The molecule has 0 radical (unpaired) electrons. The first kappa shape index (κ1) is 34.3. The van der Waals surface area contributed by atoms with Crippen molar-refractivity contribution in [3.8, 4) is 22.6 Å². The van der Waals surface area contributed by atoms with Crippen LogP contribution in [0.5, 0.6) is 0 Å². The number of imidazole rings is 1. The number of alkyl halides is 3. The van der Waals surface area contributed by atoms with E-state index in [0.29, 0.717) is 41.6 Å². The molecule has 1 N–H and O–H groups in total. The Balaban J connectivity index is 1.23. The van der Waals surface area contributed by atoms with E-state index in [-0.39, 0.29) is 23.2 Å². The van der Waals surface area contributed by atoms with Gasteiger partial charge in [-0.15, -0.1) is 0 Å². The number of carbonyl (C=O) groups is 1. The number of carbonyl (C=O) groups excluding carboxylic acids is 1. The highest BCUT2D eigenvalue weighted by Gasteiger charge is 2.37. The number of nitrogens with one attached hydrogen (secondary N) is 1. The van der Waals surface area contributed by atoms with Gasteiger partial charge in [-0.05, 0) is 87.9 Å². The first-order valence-electron chi connectivity index (χ1n) is 17.8. The van der Waals surface area contributed by atoms with Crippen LogP contribution in [0.1, 0.15) is 75.6 Å². The fourth-order valence-electron chi connectivity index (χ4n) is 7.82. The third kappa shape index (κ3) is 7.17. The largest absolute Gasteiger partial charge is 0.466 e. The zero-order valence-electron chi connectivity index (χ0n) is 29.0. The van der Waals surface area contributed by atoms with E-state index in [9.17, 15) is 18.0 Å². The van der Waals surface area contributed by atoms with Crippen LogP contribution in [0.2, 0.25) is 0 Å². The molecule has 3 fully saturated rings. The van der Waals surface area contributed by atoms with Crippen LogP contribution >= 0.6 is 0 Å². The highest BCUT2D eigenvalue weighted by Crippen LogP contribution is 2.44. The molecule has 3 aliphatic rings. The fourth-order valence-corrected chi connectivity index (χ4v) is 7.82. The van der Waals surface area contributed by atoms with Gasteiger partial charge in [0, 0.05) is 67.6 Å². The average molecular weight is 691 g/mol. The monoisotopic (exact) mass is 690 g/mol. The summed E-state index contributed by atoms with van der Waals surface area (Å²) in [5, 5.41) is 0. The molecule has 266 valence electrons. The van der Waals surface area contributed by atoms with E-state index in [1.165, 1.54) is 0 Å². The maximum atomic E-state index is 14.0. The summed E-state index contributed by atoms with van der Waals surface area (Å²) in [5.41, 5.74) is 4.31. The fraction of sp³-hybridized carbons (Fsp3) is 0.526. The van der Waals surface area contributed by atoms with E-state index in [0.717, 1.165) is 99.5 Å². The van der Waals surface area contributed by atoms with Crippen molar-refractivity contribution < 1.29 is 27.4 Å². The maximum Gasteiger partial charge on any atom is 0.433 e. The first-order valence-corrected chi connectivity index (χ1v) is 17.8. The highest BCUT2D eigenvalue weighted by atomic mass is 19.4. The Morgan fingerprint density at radius 3 is 2.36 bits per heavy atom. The van der Waals surface area contributed by atoms with Crippen LogP contribution in [0.4, 0.5) is 24.5 Å². The number of rotatable bonds is 11. The molecule has 0 unspecified atom stereocenters. The van der Waals surface area contributed by atoms with Gasteiger partial charge in [-0.1, -0.05) is 12.8 Å². The van der Waals surface area contributed by atoms with Crippen LogP contribution in [0.15, 0.2) is 42.5 Å². The number of anilines is 2. The standard InChI is InChI=1S/C38H45F3N6O3/c1-4-50-36(48)26-13-17-47(18-14-26)28-11-9-25(10-12-28)34-44-33-31(46(2)22-37(23-49-3)15-5-6-16-37)21-30(43-35(33)45-34)27-19-29(24-7-8-24)42-32(20-27)38(39,40)41/h9-12,19-21,24,26H,4-8,13-18,22-23H2,1-3H3,(H,43,44,45). The first-order chi connectivity index (χ1) is 24.1. The molecule has 4 aromatic rings. The van der Waals surface area contributed by atoms with Crippen LogP contribution in [-0.2, 0) is 20.4 Å². The Bertz CT molecular complexity index is 1820. The van der Waals surface area contributed by atoms with Crippen LogP contribution in [0.3, 0.4) is 0 Å². The zero-order valence-corrected chi connectivity index (χ0v) is 29.0. The van der Waals surface area contributed by atoms with Gasteiger partial charge in [0.1, 0.15) is 17.0 Å². The van der Waals surface area contributed by atoms with Crippen molar-refractivity contribution in [2.75, 3.05) is 56.8 Å². The van der Waals surface area contributed by atoms with Gasteiger partial charge < -0.3 is 24.3 Å². The Morgan fingerprint density at radius 2 is 1.72 bits per heavy atom. The van der Waals surface area contributed by atoms with Crippen LogP contribution in [0.25, 0.3) is 33.8 Å². The van der Waals surface area contributed by atoms with E-state index in [2.05, 4.69) is 31.9 Å². The lowest BCUT2D eigenvalue weighted by Gasteiger charge is -2.34. The van der Waals surface area contributed by atoms with Crippen molar-refractivity contribution >= 4 is 28.5 Å². The van der Waals surface area contributed by atoms with E-state index >= 15 is 0 Å². The number of pyridine rings is 2. The van der Waals surface area contributed by atoms with Crippen molar-refractivity contribution in [3.63, 3.8) is 0 Å². The van der Waals surface area contributed by atoms with Crippen LogP contribution in [-0.4, -0.2) is 72.9 Å². The summed E-state index contributed by atoms with van der Waals surface area (Å²) in [7, 11) is 3.76. The minimum atomic E-state index is -4.57. The van der Waals surface area contributed by atoms with Gasteiger partial charge in [0.05, 0.1) is 30.5 Å². The number of H-pyrrole nitrogens is 1. The predicted octanol–water partition coefficient (Wildman–Crippen LogP) is 8.01. The SMILES string of the molecule is CCOC(=O)C1CCN(c2ccc(-c3nc4nc(-c5cc(C6CC6)nc(C(F)(F)F)c5)cc(N(C)CC5(COC)CCCC5)c4[nH]3)cc2)CC1. The molecule has 2 saturated carbocycles. The lowest BCUT2D eigenvalue weighted by atomic mass is 9.86. The molecule has 9 nitrogen and oxygen atoms in total. The quantitative estimate of drug-likeness (QED) is 0.158. The predicted molar refractivity (Wildman–Crippen MR) is 187 cm³/mol. The number of piperidine rings is 1. The molecule has 1 saturated heterocycles. The lowest BCUT2D eigenvalue weighted by Crippen LogP contribution is -2.37. The van der Waals surface area contributed by atoms with E-state index < -0.39 is 11.9 Å². The zero-order chi connectivity index (χ0) is 35.0. The van der Waals surface area contributed by atoms with Crippen molar-refractivity contribution in [2.24, 2.45) is 11.3 Å². The molecule has 4 heterocycles. The summed E-state index contributed by atoms with van der Waals surface area (Å²) in [6.45, 7) is 5.14. The Hall–Kier alpha value is -4.19. The molecule has 0 bridgehead atoms. The van der Waals surface area contributed by atoms with E-state index in [1.54, 1.807) is 13.2 Å². The summed E-state index contributed by atoms with van der Waals surface area (Å²) in [5.74, 6) is 0.501. The Kier molecular flexibility index (Phi) is 9.49. The Morgan fingerprint density at radius 1 is 1.00 bits per heavy atom. The average Bonchev–Trinajstić information content (AvgIpc) is 3.72. The third-order valence-electron chi connectivity index (χ3n) is 10.6. The van der Waals surface area contributed by atoms with Gasteiger partial charge in [-0.3, -0.25) is 4.79 Å². The summed E-state index contributed by atoms with van der Waals surface area (Å²) in [6, 6.07) is 12.9. The van der Waals surface area contributed by atoms with Gasteiger partial charge in [0.2, 0.25) is 0 Å². The number of hydrogen-bond donors (Lipinski definition) is 1. The van der Waals surface area contributed by atoms with E-state index in [4.69, 9.17) is 19.4 Å². The number of aromatic amines is 1. The second-order valence-corrected chi connectivity index (χ2v) is 14.3. The number of methoxy groups -OCH3 is 1. The van der Waals surface area contributed by atoms with Gasteiger partial charge in [0.15, 0.2) is 5.65 Å². The normalized spacial score (nSPS) is 18.2. The number of esters is 1. The number of fused-ring (bicyclic) bond motifs is 1. The third-order valence-corrected chi connectivity index (χ3v) is 10.6. The molecule has 1 aromatic carbocycles. The van der Waals surface area contributed by atoms with Gasteiger partial charge in [-0.2, -0.15) is 13.2 Å². The highest BCUT2D eigenvalue weighted by molar-refractivity contribution is 5.91. The van der Waals surface area contributed by atoms with E-state index in [1.807, 2.05) is 32.2 Å². The number of benzene rings is 1. The summed E-state index contributed by atoms with van der Waals surface area (Å²) in [4.78, 5) is 33.9. The summed E-state index contributed by atoms with van der Waals surface area (Å²) < 4.78 is 53.0. The number of ether oxygens (including phenoxy) is 2. The molecule has 0 atom stereocenters. The van der Waals surface area contributed by atoms with Gasteiger partial charge in [-0.25, -0.2) is 15.0 Å². The Labute approximate surface area is 290 Å². The smallest absolute Gasteiger partial charge is 0.433 e. The molecular formula is C38H45F3N6O3. The van der Waals surface area contributed by atoms with Gasteiger partial charge in [0.25, 0.3) is 0 Å².